The van der Waals surface area contributed by atoms with Crippen LogP contribution >= 0.6 is 0 Å². The van der Waals surface area contributed by atoms with E-state index in [9.17, 15) is 14.7 Å². The minimum atomic E-state index is -1.50. The number of carboxylic acid groups (broad SMARTS) is 1. The van der Waals surface area contributed by atoms with Gasteiger partial charge in [0.15, 0.2) is 5.54 Å². The molecule has 21 heavy (non-hydrogen) atoms. The second kappa shape index (κ2) is 7.34. The van der Waals surface area contributed by atoms with Gasteiger partial charge in [-0.05, 0) is 18.9 Å². The summed E-state index contributed by atoms with van der Waals surface area (Å²) < 4.78 is 0. The predicted octanol–water partition coefficient (Wildman–Crippen LogP) is 2.04. The molecule has 0 heterocycles. The fraction of sp³-hybridized carbons (Fsp3) is 0.375. The van der Waals surface area contributed by atoms with E-state index in [1.165, 1.54) is 11.8 Å². The van der Waals surface area contributed by atoms with Crippen molar-refractivity contribution >= 4 is 12.0 Å². The van der Waals surface area contributed by atoms with E-state index in [2.05, 4.69) is 11.2 Å². The number of rotatable bonds is 6. The van der Waals surface area contributed by atoms with Gasteiger partial charge < -0.3 is 15.3 Å². The molecule has 5 heteroatoms. The standard InChI is InChI=1S/C16H20N2O3/c1-4-11-18(12-5-2)15(21)17-16(3,14(19)20)13-9-7-6-8-10-13/h1,6-10H,5,11-12H2,2-3H3,(H,17,21)(H,19,20). The van der Waals surface area contributed by atoms with Crippen molar-refractivity contribution in [3.05, 3.63) is 35.9 Å². The topological polar surface area (TPSA) is 69.6 Å². The van der Waals surface area contributed by atoms with Crippen molar-refractivity contribution in [2.24, 2.45) is 0 Å². The first kappa shape index (κ1) is 16.6. The summed E-state index contributed by atoms with van der Waals surface area (Å²) in [6.45, 7) is 4.00. The lowest BCUT2D eigenvalue weighted by Crippen LogP contribution is -2.54. The van der Waals surface area contributed by atoms with Crippen molar-refractivity contribution < 1.29 is 14.7 Å². The Kier molecular flexibility index (Phi) is 5.79. The summed E-state index contributed by atoms with van der Waals surface area (Å²) >= 11 is 0. The Labute approximate surface area is 125 Å². The Balaban J connectivity index is 3.01. The summed E-state index contributed by atoms with van der Waals surface area (Å²) in [5.41, 5.74) is -0.998. The Bertz CT molecular complexity index is 536. The quantitative estimate of drug-likeness (QED) is 0.787. The second-order valence-electron chi connectivity index (χ2n) is 4.85. The summed E-state index contributed by atoms with van der Waals surface area (Å²) in [6, 6.07) is 8.10. The van der Waals surface area contributed by atoms with E-state index in [-0.39, 0.29) is 6.54 Å². The van der Waals surface area contributed by atoms with Gasteiger partial charge in [0.25, 0.3) is 0 Å². The van der Waals surface area contributed by atoms with Gasteiger partial charge in [-0.1, -0.05) is 43.2 Å². The van der Waals surface area contributed by atoms with E-state index in [4.69, 9.17) is 6.42 Å². The molecular formula is C16H20N2O3. The largest absolute Gasteiger partial charge is 0.479 e. The molecule has 2 amide bonds. The molecule has 0 aromatic heterocycles. The van der Waals surface area contributed by atoms with Gasteiger partial charge in [0, 0.05) is 6.54 Å². The Morgan fingerprint density at radius 2 is 2.00 bits per heavy atom. The maximum absolute atomic E-state index is 12.3. The molecule has 1 unspecified atom stereocenters. The van der Waals surface area contributed by atoms with E-state index in [1.807, 2.05) is 6.92 Å². The van der Waals surface area contributed by atoms with Gasteiger partial charge in [-0.15, -0.1) is 6.42 Å². The number of carbonyl (C=O) groups excluding carboxylic acids is 1. The first-order valence-corrected chi connectivity index (χ1v) is 6.75. The summed E-state index contributed by atoms with van der Waals surface area (Å²) in [5.74, 6) is 1.28. The fourth-order valence-corrected chi connectivity index (χ4v) is 1.95. The molecule has 0 aliphatic carbocycles. The van der Waals surface area contributed by atoms with Crippen LogP contribution in [0.25, 0.3) is 0 Å². The average molecular weight is 288 g/mol. The molecule has 0 radical (unpaired) electrons. The lowest BCUT2D eigenvalue weighted by Gasteiger charge is -2.30. The third-order valence-electron chi connectivity index (χ3n) is 3.20. The molecule has 1 aromatic rings. The molecule has 1 atom stereocenters. The lowest BCUT2D eigenvalue weighted by molar-refractivity contribution is -0.144. The number of aliphatic carboxylic acids is 1. The van der Waals surface area contributed by atoms with E-state index in [1.54, 1.807) is 30.3 Å². The van der Waals surface area contributed by atoms with Crippen molar-refractivity contribution in [1.82, 2.24) is 10.2 Å². The summed E-state index contributed by atoms with van der Waals surface area (Å²) in [7, 11) is 0. The van der Waals surface area contributed by atoms with Crippen molar-refractivity contribution in [3.63, 3.8) is 0 Å². The Morgan fingerprint density at radius 1 is 1.38 bits per heavy atom. The third kappa shape index (κ3) is 3.99. The molecule has 0 bridgehead atoms. The maximum atomic E-state index is 12.3. The molecule has 2 N–H and O–H groups in total. The van der Waals surface area contributed by atoms with Crippen LogP contribution in [-0.2, 0) is 10.3 Å². The first-order valence-electron chi connectivity index (χ1n) is 6.75. The average Bonchev–Trinajstić information content (AvgIpc) is 2.47. The van der Waals surface area contributed by atoms with Crippen LogP contribution in [0.5, 0.6) is 0 Å². The number of hydrogen-bond donors (Lipinski definition) is 2. The molecule has 0 saturated carbocycles. The minimum absolute atomic E-state index is 0.143. The minimum Gasteiger partial charge on any atom is -0.479 e. The van der Waals surface area contributed by atoms with Crippen LogP contribution in [0.15, 0.2) is 30.3 Å². The second-order valence-corrected chi connectivity index (χ2v) is 4.85. The van der Waals surface area contributed by atoms with Crippen molar-refractivity contribution in [2.45, 2.75) is 25.8 Å². The Morgan fingerprint density at radius 3 is 2.48 bits per heavy atom. The number of nitrogens with zero attached hydrogens (tertiary/aromatic N) is 1. The molecule has 0 aliphatic heterocycles. The molecule has 1 rings (SSSR count). The zero-order valence-electron chi connectivity index (χ0n) is 12.3. The van der Waals surface area contributed by atoms with Crippen molar-refractivity contribution in [3.8, 4) is 12.3 Å². The highest BCUT2D eigenvalue weighted by Gasteiger charge is 2.37. The zero-order chi connectivity index (χ0) is 15.9. The summed E-state index contributed by atoms with van der Waals surface area (Å²) in [5, 5.41) is 12.1. The maximum Gasteiger partial charge on any atom is 0.333 e. The molecule has 5 nitrogen and oxygen atoms in total. The molecule has 0 fully saturated rings. The van der Waals surface area contributed by atoms with Gasteiger partial charge in [0.2, 0.25) is 0 Å². The molecule has 112 valence electrons. The van der Waals surface area contributed by atoms with Crippen molar-refractivity contribution in [2.75, 3.05) is 13.1 Å². The highest BCUT2D eigenvalue weighted by molar-refractivity contribution is 5.87. The lowest BCUT2D eigenvalue weighted by atomic mass is 9.92. The van der Waals surface area contributed by atoms with Crippen molar-refractivity contribution in [1.29, 1.82) is 0 Å². The van der Waals surface area contributed by atoms with E-state index < -0.39 is 17.5 Å². The van der Waals surface area contributed by atoms with Gasteiger partial charge >= 0.3 is 12.0 Å². The van der Waals surface area contributed by atoms with Crippen LogP contribution in [0, 0.1) is 12.3 Å². The van der Waals surface area contributed by atoms with Gasteiger partial charge in [-0.2, -0.15) is 0 Å². The van der Waals surface area contributed by atoms with Gasteiger partial charge in [-0.3, -0.25) is 0 Å². The van der Waals surface area contributed by atoms with Crippen LogP contribution in [-0.4, -0.2) is 35.1 Å². The van der Waals surface area contributed by atoms with Gasteiger partial charge in [-0.25, -0.2) is 9.59 Å². The summed E-state index contributed by atoms with van der Waals surface area (Å²) in [4.78, 5) is 25.3. The van der Waals surface area contributed by atoms with Crippen LogP contribution in [0.4, 0.5) is 4.79 Å². The van der Waals surface area contributed by atoms with Crippen LogP contribution in [0.1, 0.15) is 25.8 Å². The normalized spacial score (nSPS) is 12.8. The van der Waals surface area contributed by atoms with E-state index >= 15 is 0 Å². The fourth-order valence-electron chi connectivity index (χ4n) is 1.95. The molecule has 1 aromatic carbocycles. The number of hydrogen-bond acceptors (Lipinski definition) is 2. The van der Waals surface area contributed by atoms with Crippen LogP contribution in [0.2, 0.25) is 0 Å². The third-order valence-corrected chi connectivity index (χ3v) is 3.20. The smallest absolute Gasteiger partial charge is 0.333 e. The van der Waals surface area contributed by atoms with Gasteiger partial charge in [0.1, 0.15) is 0 Å². The molecule has 0 saturated heterocycles. The number of nitrogens with one attached hydrogen (secondary N) is 1. The highest BCUT2D eigenvalue weighted by atomic mass is 16.4. The monoisotopic (exact) mass is 288 g/mol. The molecular weight excluding hydrogens is 268 g/mol. The number of terminal acetylenes is 1. The predicted molar refractivity (Wildman–Crippen MR) is 80.7 cm³/mol. The number of urea groups is 1. The van der Waals surface area contributed by atoms with E-state index in [0.29, 0.717) is 12.1 Å². The Hall–Kier alpha value is -2.48. The number of amides is 2. The highest BCUT2D eigenvalue weighted by Crippen LogP contribution is 2.21. The molecule has 0 aliphatic rings. The van der Waals surface area contributed by atoms with Crippen LogP contribution < -0.4 is 5.32 Å². The van der Waals surface area contributed by atoms with Gasteiger partial charge in [0.05, 0.1) is 6.54 Å². The number of benzene rings is 1. The van der Waals surface area contributed by atoms with E-state index in [0.717, 1.165) is 6.42 Å². The SMILES string of the molecule is C#CCN(CCC)C(=O)NC(C)(C(=O)O)c1ccccc1. The zero-order valence-corrected chi connectivity index (χ0v) is 12.3. The molecule has 0 spiro atoms. The van der Waals surface area contributed by atoms with Crippen LogP contribution in [0.3, 0.4) is 0 Å². The number of carboxylic acids is 1. The summed E-state index contributed by atoms with van der Waals surface area (Å²) in [6.07, 6.45) is 5.98. The number of carbonyl (C=O) groups is 2. The first-order chi connectivity index (χ1) is 9.95.